The molecular formula is C14H19ClN2O4. The molecule has 1 aromatic carbocycles. The summed E-state index contributed by atoms with van der Waals surface area (Å²) >= 11 is 6.01. The summed E-state index contributed by atoms with van der Waals surface area (Å²) in [5.74, 6) is 0.213. The Bertz CT molecular complexity index is 538. The smallest absolute Gasteiger partial charge is 0.414 e. The molecule has 21 heavy (non-hydrogen) atoms. The van der Waals surface area contributed by atoms with Gasteiger partial charge in [0.15, 0.2) is 5.75 Å². The molecule has 0 radical (unpaired) electrons. The number of benzene rings is 1. The van der Waals surface area contributed by atoms with Crippen LogP contribution >= 0.6 is 11.6 Å². The second kappa shape index (κ2) is 6.67. The summed E-state index contributed by atoms with van der Waals surface area (Å²) in [7, 11) is 3.13. The Labute approximate surface area is 129 Å². The number of nitrogens with one attached hydrogen (secondary N) is 1. The summed E-state index contributed by atoms with van der Waals surface area (Å²) < 4.78 is 10.2. The molecule has 0 spiro atoms. The first-order chi connectivity index (χ1) is 9.58. The third-order valence-corrected chi connectivity index (χ3v) is 2.43. The van der Waals surface area contributed by atoms with Crippen molar-refractivity contribution in [2.24, 2.45) is 0 Å². The van der Waals surface area contributed by atoms with Gasteiger partial charge in [-0.2, -0.15) is 0 Å². The number of amides is 2. The number of carbonyl (C=O) groups is 2. The molecule has 0 bridgehead atoms. The molecule has 6 nitrogen and oxygen atoms in total. The van der Waals surface area contributed by atoms with E-state index in [4.69, 9.17) is 21.1 Å². The summed E-state index contributed by atoms with van der Waals surface area (Å²) in [5.41, 5.74) is -0.145. The fourth-order valence-corrected chi connectivity index (χ4v) is 1.49. The molecule has 0 aliphatic rings. The summed E-state index contributed by atoms with van der Waals surface area (Å²) in [6.07, 6.45) is -1.12. The number of ether oxygens (including phenoxy) is 2. The fraction of sp³-hybridized carbons (Fsp3) is 0.429. The first-order valence-corrected chi connectivity index (χ1v) is 6.65. The van der Waals surface area contributed by atoms with Crippen LogP contribution in [0.2, 0.25) is 5.02 Å². The molecule has 7 heteroatoms. The van der Waals surface area contributed by atoms with Crippen LogP contribution < -0.4 is 10.1 Å². The lowest BCUT2D eigenvalue weighted by Gasteiger charge is -2.19. The van der Waals surface area contributed by atoms with Gasteiger partial charge in [-0.25, -0.2) is 9.59 Å². The molecule has 0 saturated heterocycles. The Morgan fingerprint density at radius 2 is 1.86 bits per heavy atom. The Morgan fingerprint density at radius 1 is 1.24 bits per heavy atom. The quantitative estimate of drug-likeness (QED) is 0.902. The van der Waals surface area contributed by atoms with E-state index in [2.05, 4.69) is 5.32 Å². The molecule has 0 heterocycles. The lowest BCUT2D eigenvalue weighted by molar-refractivity contribution is 0.0636. The van der Waals surface area contributed by atoms with E-state index in [-0.39, 0.29) is 10.8 Å². The predicted molar refractivity (Wildman–Crippen MR) is 81.0 cm³/mol. The maximum atomic E-state index is 11.6. The minimum atomic E-state index is -0.588. The fourth-order valence-electron chi connectivity index (χ4n) is 1.27. The predicted octanol–water partition coefficient (Wildman–Crippen LogP) is 3.75. The second-order valence-corrected chi connectivity index (χ2v) is 5.94. The zero-order valence-electron chi connectivity index (χ0n) is 12.7. The molecule has 0 atom stereocenters. The molecule has 0 fully saturated rings. The first-order valence-electron chi connectivity index (χ1n) is 6.27. The van der Waals surface area contributed by atoms with Crippen LogP contribution in [0.15, 0.2) is 18.2 Å². The van der Waals surface area contributed by atoms with Crippen LogP contribution in [-0.4, -0.2) is 36.8 Å². The van der Waals surface area contributed by atoms with E-state index in [0.717, 1.165) is 0 Å². The lowest BCUT2D eigenvalue weighted by Crippen LogP contribution is -2.27. The summed E-state index contributed by atoms with van der Waals surface area (Å²) in [5, 5.41) is 2.75. The first kappa shape index (κ1) is 17.1. The molecule has 116 valence electrons. The Balaban J connectivity index is 2.74. The van der Waals surface area contributed by atoms with Gasteiger partial charge in [0, 0.05) is 19.8 Å². The van der Waals surface area contributed by atoms with Gasteiger partial charge in [-0.1, -0.05) is 11.6 Å². The van der Waals surface area contributed by atoms with Crippen molar-refractivity contribution in [2.75, 3.05) is 19.4 Å². The normalized spacial score (nSPS) is 10.8. The second-order valence-electron chi connectivity index (χ2n) is 5.53. The van der Waals surface area contributed by atoms with Crippen molar-refractivity contribution < 1.29 is 19.1 Å². The minimum Gasteiger partial charge on any atom is -0.444 e. The zero-order valence-corrected chi connectivity index (χ0v) is 13.4. The van der Waals surface area contributed by atoms with E-state index in [1.807, 2.05) is 0 Å². The average molecular weight is 315 g/mol. The van der Waals surface area contributed by atoms with Crippen molar-refractivity contribution in [3.8, 4) is 5.75 Å². The monoisotopic (exact) mass is 314 g/mol. The SMILES string of the molecule is CN(C)C(=O)Oc1ccc(NC(=O)OC(C)(C)C)cc1Cl. The minimum absolute atomic E-state index is 0.207. The van der Waals surface area contributed by atoms with Crippen LogP contribution in [0.25, 0.3) is 0 Å². The zero-order chi connectivity index (χ0) is 16.2. The third kappa shape index (κ3) is 5.91. The van der Waals surface area contributed by atoms with E-state index in [1.54, 1.807) is 40.9 Å². The van der Waals surface area contributed by atoms with Crippen molar-refractivity contribution >= 4 is 29.5 Å². The number of hydrogen-bond acceptors (Lipinski definition) is 4. The number of carbonyl (C=O) groups excluding carboxylic acids is 2. The van der Waals surface area contributed by atoms with Gasteiger partial charge in [0.2, 0.25) is 0 Å². The number of rotatable bonds is 2. The maximum absolute atomic E-state index is 11.6. The highest BCUT2D eigenvalue weighted by Gasteiger charge is 2.17. The van der Waals surface area contributed by atoms with Crippen LogP contribution in [-0.2, 0) is 4.74 Å². The number of anilines is 1. The molecule has 0 saturated carbocycles. The molecule has 0 aliphatic carbocycles. The lowest BCUT2D eigenvalue weighted by atomic mass is 10.2. The summed E-state index contributed by atoms with van der Waals surface area (Å²) in [6.45, 7) is 5.30. The highest BCUT2D eigenvalue weighted by atomic mass is 35.5. The van der Waals surface area contributed by atoms with Crippen molar-refractivity contribution in [1.82, 2.24) is 4.90 Å². The van der Waals surface area contributed by atoms with Gasteiger partial charge < -0.3 is 14.4 Å². The van der Waals surface area contributed by atoms with Crippen molar-refractivity contribution in [3.63, 3.8) is 0 Å². The number of halogens is 1. The molecular weight excluding hydrogens is 296 g/mol. The summed E-state index contributed by atoms with van der Waals surface area (Å²) in [6, 6.07) is 4.54. The molecule has 1 rings (SSSR count). The van der Waals surface area contributed by atoms with E-state index in [9.17, 15) is 9.59 Å². The van der Waals surface area contributed by atoms with Gasteiger partial charge in [-0.3, -0.25) is 5.32 Å². The molecule has 1 N–H and O–H groups in total. The maximum Gasteiger partial charge on any atom is 0.414 e. The van der Waals surface area contributed by atoms with E-state index < -0.39 is 17.8 Å². The number of hydrogen-bond donors (Lipinski definition) is 1. The van der Waals surface area contributed by atoms with Gasteiger partial charge >= 0.3 is 12.2 Å². The number of nitrogens with zero attached hydrogens (tertiary/aromatic N) is 1. The van der Waals surface area contributed by atoms with Crippen molar-refractivity contribution in [3.05, 3.63) is 23.2 Å². The Hall–Kier alpha value is -1.95. The van der Waals surface area contributed by atoms with Crippen LogP contribution in [0.5, 0.6) is 5.75 Å². The highest BCUT2D eigenvalue weighted by molar-refractivity contribution is 6.32. The third-order valence-electron chi connectivity index (χ3n) is 2.14. The molecule has 0 aliphatic heterocycles. The van der Waals surface area contributed by atoms with Crippen LogP contribution in [0.1, 0.15) is 20.8 Å². The van der Waals surface area contributed by atoms with Gasteiger partial charge in [-0.05, 0) is 39.0 Å². The van der Waals surface area contributed by atoms with Crippen LogP contribution in [0.4, 0.5) is 15.3 Å². The van der Waals surface area contributed by atoms with E-state index >= 15 is 0 Å². The topological polar surface area (TPSA) is 67.9 Å². The van der Waals surface area contributed by atoms with Crippen molar-refractivity contribution in [1.29, 1.82) is 0 Å². The van der Waals surface area contributed by atoms with Gasteiger partial charge in [0.1, 0.15) is 5.60 Å². The van der Waals surface area contributed by atoms with Gasteiger partial charge in [-0.15, -0.1) is 0 Å². The molecule has 1 aromatic rings. The van der Waals surface area contributed by atoms with Crippen LogP contribution in [0.3, 0.4) is 0 Å². The van der Waals surface area contributed by atoms with E-state index in [1.165, 1.54) is 17.0 Å². The van der Waals surface area contributed by atoms with Crippen LogP contribution in [0, 0.1) is 0 Å². The molecule has 0 aromatic heterocycles. The van der Waals surface area contributed by atoms with E-state index in [0.29, 0.717) is 5.69 Å². The average Bonchev–Trinajstić information content (AvgIpc) is 2.29. The molecule has 0 unspecified atom stereocenters. The largest absolute Gasteiger partial charge is 0.444 e. The van der Waals surface area contributed by atoms with Gasteiger partial charge in [0.25, 0.3) is 0 Å². The summed E-state index contributed by atoms with van der Waals surface area (Å²) in [4.78, 5) is 24.3. The Morgan fingerprint density at radius 3 is 2.33 bits per heavy atom. The molecule has 2 amide bonds. The van der Waals surface area contributed by atoms with Gasteiger partial charge in [0.05, 0.1) is 5.02 Å². The standard InChI is InChI=1S/C14H19ClN2O4/c1-14(2,3)21-12(18)16-9-6-7-11(10(15)8-9)20-13(19)17(4)5/h6-8H,1-5H3,(H,16,18). The Kier molecular flexibility index (Phi) is 5.43. The highest BCUT2D eigenvalue weighted by Crippen LogP contribution is 2.28. The van der Waals surface area contributed by atoms with Crippen molar-refractivity contribution in [2.45, 2.75) is 26.4 Å².